The van der Waals surface area contributed by atoms with Crippen LogP contribution in [0.4, 0.5) is 8.78 Å². The van der Waals surface area contributed by atoms with Crippen LogP contribution < -0.4 is 5.73 Å². The monoisotopic (exact) mass is 245 g/mol. The zero-order chi connectivity index (χ0) is 12.0. The summed E-state index contributed by atoms with van der Waals surface area (Å²) >= 11 is 1.68. The standard InChI is InChI=1S/C12H17F2NS/c1-2-3-6-16-8-12(15)10-7-9(13)4-5-11(10)14/h4-5,7,12H,2-3,6,8,15H2,1H3. The van der Waals surface area contributed by atoms with Gasteiger partial charge < -0.3 is 5.73 Å². The van der Waals surface area contributed by atoms with Crippen molar-refractivity contribution in [2.24, 2.45) is 5.73 Å². The van der Waals surface area contributed by atoms with Crippen LogP contribution in [0.3, 0.4) is 0 Å². The molecule has 0 aromatic heterocycles. The number of benzene rings is 1. The van der Waals surface area contributed by atoms with Gasteiger partial charge in [0.25, 0.3) is 0 Å². The van der Waals surface area contributed by atoms with Gasteiger partial charge in [-0.2, -0.15) is 11.8 Å². The Balaban J connectivity index is 2.51. The molecule has 0 aliphatic rings. The van der Waals surface area contributed by atoms with Gasteiger partial charge in [-0.3, -0.25) is 0 Å². The first-order valence-corrected chi connectivity index (χ1v) is 6.59. The Bertz CT molecular complexity index is 331. The van der Waals surface area contributed by atoms with Crippen LogP contribution in [0, 0.1) is 11.6 Å². The van der Waals surface area contributed by atoms with Crippen LogP contribution in [-0.4, -0.2) is 11.5 Å². The summed E-state index contributed by atoms with van der Waals surface area (Å²) in [5.41, 5.74) is 6.09. The zero-order valence-electron chi connectivity index (χ0n) is 9.38. The van der Waals surface area contributed by atoms with E-state index in [-0.39, 0.29) is 5.56 Å². The Kier molecular flexibility index (Phi) is 5.77. The lowest BCUT2D eigenvalue weighted by atomic mass is 10.1. The summed E-state index contributed by atoms with van der Waals surface area (Å²) in [6, 6.07) is 2.98. The molecule has 0 bridgehead atoms. The Morgan fingerprint density at radius 1 is 1.38 bits per heavy atom. The average molecular weight is 245 g/mol. The van der Waals surface area contributed by atoms with E-state index in [1.807, 2.05) is 0 Å². The van der Waals surface area contributed by atoms with E-state index in [9.17, 15) is 8.78 Å². The minimum absolute atomic E-state index is 0.268. The van der Waals surface area contributed by atoms with E-state index in [0.29, 0.717) is 5.75 Å². The summed E-state index contributed by atoms with van der Waals surface area (Å²) in [6.45, 7) is 2.12. The molecule has 0 spiro atoms. The van der Waals surface area contributed by atoms with Crippen molar-refractivity contribution in [2.45, 2.75) is 25.8 Å². The number of hydrogen-bond donors (Lipinski definition) is 1. The normalized spacial score (nSPS) is 12.8. The quantitative estimate of drug-likeness (QED) is 0.776. The van der Waals surface area contributed by atoms with Crippen LogP contribution >= 0.6 is 11.8 Å². The Labute approximate surface area is 99.4 Å². The Morgan fingerprint density at radius 3 is 2.81 bits per heavy atom. The van der Waals surface area contributed by atoms with Crippen molar-refractivity contribution in [3.05, 3.63) is 35.4 Å². The van der Waals surface area contributed by atoms with Gasteiger partial charge in [-0.1, -0.05) is 13.3 Å². The van der Waals surface area contributed by atoms with E-state index in [1.54, 1.807) is 11.8 Å². The molecule has 0 saturated heterocycles. The molecule has 0 saturated carbocycles. The summed E-state index contributed by atoms with van der Waals surface area (Å²) in [7, 11) is 0. The first-order valence-electron chi connectivity index (χ1n) is 5.43. The minimum Gasteiger partial charge on any atom is -0.323 e. The maximum Gasteiger partial charge on any atom is 0.128 e. The fourth-order valence-electron chi connectivity index (χ4n) is 1.35. The lowest BCUT2D eigenvalue weighted by Crippen LogP contribution is -2.15. The van der Waals surface area contributed by atoms with Crippen molar-refractivity contribution < 1.29 is 8.78 Å². The highest BCUT2D eigenvalue weighted by molar-refractivity contribution is 7.99. The molecule has 0 amide bonds. The number of nitrogens with two attached hydrogens (primary N) is 1. The van der Waals surface area contributed by atoms with Gasteiger partial charge in [-0.25, -0.2) is 8.78 Å². The van der Waals surface area contributed by atoms with Gasteiger partial charge in [0.15, 0.2) is 0 Å². The van der Waals surface area contributed by atoms with Crippen molar-refractivity contribution in [3.8, 4) is 0 Å². The van der Waals surface area contributed by atoms with Crippen LogP contribution in [0.25, 0.3) is 0 Å². The molecule has 0 aliphatic heterocycles. The molecule has 2 N–H and O–H groups in total. The first-order chi connectivity index (χ1) is 7.65. The number of halogens is 2. The molecule has 1 aromatic carbocycles. The molecule has 0 aliphatic carbocycles. The average Bonchev–Trinajstić information content (AvgIpc) is 2.27. The largest absolute Gasteiger partial charge is 0.323 e. The van der Waals surface area contributed by atoms with Crippen LogP contribution in [0.5, 0.6) is 0 Å². The third kappa shape index (κ3) is 4.10. The highest BCUT2D eigenvalue weighted by Crippen LogP contribution is 2.20. The van der Waals surface area contributed by atoms with Gasteiger partial charge in [-0.15, -0.1) is 0 Å². The molecule has 0 radical (unpaired) electrons. The van der Waals surface area contributed by atoms with Crippen molar-refractivity contribution >= 4 is 11.8 Å². The molecule has 1 nitrogen and oxygen atoms in total. The number of thioether (sulfide) groups is 1. The fraction of sp³-hybridized carbons (Fsp3) is 0.500. The summed E-state index contributed by atoms with van der Waals surface area (Å²) < 4.78 is 26.3. The van der Waals surface area contributed by atoms with E-state index >= 15 is 0 Å². The van der Waals surface area contributed by atoms with Gasteiger partial charge in [-0.05, 0) is 30.4 Å². The molecule has 16 heavy (non-hydrogen) atoms. The number of hydrogen-bond acceptors (Lipinski definition) is 2. The van der Waals surface area contributed by atoms with Gasteiger partial charge in [0.1, 0.15) is 11.6 Å². The van der Waals surface area contributed by atoms with Gasteiger partial charge in [0.05, 0.1) is 0 Å². The molecule has 1 atom stereocenters. The maximum absolute atomic E-state index is 13.3. The summed E-state index contributed by atoms with van der Waals surface area (Å²) in [5, 5.41) is 0. The number of unbranched alkanes of at least 4 members (excludes halogenated alkanes) is 1. The first kappa shape index (κ1) is 13.5. The molecule has 1 rings (SSSR count). The lowest BCUT2D eigenvalue weighted by molar-refractivity contribution is 0.573. The van der Waals surface area contributed by atoms with Crippen LogP contribution in [0.15, 0.2) is 18.2 Å². The van der Waals surface area contributed by atoms with Crippen LogP contribution in [0.1, 0.15) is 31.4 Å². The summed E-state index contributed by atoms with van der Waals surface area (Å²) in [5.74, 6) is 0.775. The van der Waals surface area contributed by atoms with Crippen LogP contribution in [0.2, 0.25) is 0 Å². The smallest absolute Gasteiger partial charge is 0.128 e. The predicted molar refractivity (Wildman–Crippen MR) is 65.5 cm³/mol. The molecule has 1 aromatic rings. The van der Waals surface area contributed by atoms with E-state index in [2.05, 4.69) is 6.92 Å². The van der Waals surface area contributed by atoms with Gasteiger partial charge >= 0.3 is 0 Å². The van der Waals surface area contributed by atoms with Crippen LogP contribution in [-0.2, 0) is 0 Å². The SMILES string of the molecule is CCCCSCC(N)c1cc(F)ccc1F. The molecular formula is C12H17F2NS. The Morgan fingerprint density at radius 2 is 2.12 bits per heavy atom. The Hall–Kier alpha value is -0.610. The lowest BCUT2D eigenvalue weighted by Gasteiger charge is -2.12. The minimum atomic E-state index is -0.439. The van der Waals surface area contributed by atoms with Crippen molar-refractivity contribution in [1.29, 1.82) is 0 Å². The fourth-order valence-corrected chi connectivity index (χ4v) is 2.44. The highest BCUT2D eigenvalue weighted by atomic mass is 32.2. The van der Waals surface area contributed by atoms with Gasteiger partial charge in [0.2, 0.25) is 0 Å². The topological polar surface area (TPSA) is 26.0 Å². The highest BCUT2D eigenvalue weighted by Gasteiger charge is 2.12. The van der Waals surface area contributed by atoms with Crippen molar-refractivity contribution in [1.82, 2.24) is 0 Å². The van der Waals surface area contributed by atoms with E-state index in [1.165, 1.54) is 6.07 Å². The molecule has 0 heterocycles. The molecule has 0 fully saturated rings. The van der Waals surface area contributed by atoms with E-state index in [4.69, 9.17) is 5.73 Å². The maximum atomic E-state index is 13.3. The third-order valence-electron chi connectivity index (χ3n) is 2.30. The second-order valence-corrected chi connectivity index (χ2v) is 4.85. The molecule has 90 valence electrons. The molecule has 4 heteroatoms. The second kappa shape index (κ2) is 6.86. The summed E-state index contributed by atoms with van der Waals surface area (Å²) in [6.07, 6.45) is 2.26. The molecule has 1 unspecified atom stereocenters. The summed E-state index contributed by atoms with van der Waals surface area (Å²) in [4.78, 5) is 0. The van der Waals surface area contributed by atoms with Crippen molar-refractivity contribution in [3.63, 3.8) is 0 Å². The zero-order valence-corrected chi connectivity index (χ0v) is 10.2. The third-order valence-corrected chi connectivity index (χ3v) is 3.47. The van der Waals surface area contributed by atoms with Gasteiger partial charge in [0, 0.05) is 17.4 Å². The second-order valence-electron chi connectivity index (χ2n) is 3.70. The van der Waals surface area contributed by atoms with Crippen molar-refractivity contribution in [2.75, 3.05) is 11.5 Å². The number of rotatable bonds is 6. The molecular weight excluding hydrogens is 228 g/mol. The van der Waals surface area contributed by atoms with E-state index < -0.39 is 17.7 Å². The van der Waals surface area contributed by atoms with E-state index in [0.717, 1.165) is 30.7 Å². The predicted octanol–water partition coefficient (Wildman–Crippen LogP) is 3.50.